The maximum Gasteiger partial charge on any atom is 0.254 e. The topological polar surface area (TPSA) is 52.7 Å². The number of anilines is 2. The van der Waals surface area contributed by atoms with Crippen molar-refractivity contribution in [1.29, 1.82) is 0 Å². The highest BCUT2D eigenvalue weighted by Crippen LogP contribution is 2.49. The third-order valence-electron chi connectivity index (χ3n) is 6.33. The van der Waals surface area contributed by atoms with Crippen LogP contribution < -0.4 is 10.2 Å². The van der Waals surface area contributed by atoms with Gasteiger partial charge in [-0.25, -0.2) is 0 Å². The first-order valence-corrected chi connectivity index (χ1v) is 9.33. The van der Waals surface area contributed by atoms with Gasteiger partial charge < -0.3 is 15.1 Å². The lowest BCUT2D eigenvalue weighted by Crippen LogP contribution is -2.36. The lowest BCUT2D eigenvalue weighted by Gasteiger charge is -2.25. The SMILES string of the molecule is CN1CCC(=O)Nc2cc(C(=O)N3CC(C)(C)[C@@H]4CCC[C@@H]43)ccc21. The molecule has 5 nitrogen and oxygen atoms in total. The van der Waals surface area contributed by atoms with Crippen LogP contribution in [0.3, 0.4) is 0 Å². The number of hydrogen-bond donors (Lipinski definition) is 1. The molecule has 5 heteroatoms. The molecule has 1 saturated carbocycles. The fourth-order valence-electron chi connectivity index (χ4n) is 4.99. The first-order valence-electron chi connectivity index (χ1n) is 9.33. The van der Waals surface area contributed by atoms with Crippen molar-refractivity contribution in [2.45, 2.75) is 45.6 Å². The molecule has 134 valence electrons. The van der Waals surface area contributed by atoms with E-state index >= 15 is 0 Å². The number of carbonyl (C=O) groups excluding carboxylic acids is 2. The van der Waals surface area contributed by atoms with Crippen LogP contribution >= 0.6 is 0 Å². The van der Waals surface area contributed by atoms with E-state index in [2.05, 4.69) is 29.0 Å². The van der Waals surface area contributed by atoms with E-state index in [1.165, 1.54) is 12.8 Å². The molecule has 2 heterocycles. The van der Waals surface area contributed by atoms with E-state index in [0.717, 1.165) is 24.3 Å². The Kier molecular flexibility index (Phi) is 3.78. The summed E-state index contributed by atoms with van der Waals surface area (Å²) >= 11 is 0. The van der Waals surface area contributed by atoms with E-state index in [0.29, 0.717) is 30.5 Å². The smallest absolute Gasteiger partial charge is 0.254 e. The van der Waals surface area contributed by atoms with Gasteiger partial charge in [-0.05, 0) is 42.4 Å². The van der Waals surface area contributed by atoms with Crippen LogP contribution in [0.2, 0.25) is 0 Å². The van der Waals surface area contributed by atoms with E-state index in [4.69, 9.17) is 0 Å². The van der Waals surface area contributed by atoms with Crippen LogP contribution in [0.15, 0.2) is 18.2 Å². The second-order valence-corrected chi connectivity index (χ2v) is 8.48. The largest absolute Gasteiger partial charge is 0.372 e. The van der Waals surface area contributed by atoms with Gasteiger partial charge in [0.2, 0.25) is 5.91 Å². The molecular weight excluding hydrogens is 314 g/mol. The number of nitrogens with zero attached hydrogens (tertiary/aromatic N) is 2. The number of carbonyl (C=O) groups is 2. The molecule has 1 N–H and O–H groups in total. The summed E-state index contributed by atoms with van der Waals surface area (Å²) in [6.07, 6.45) is 4.03. The quantitative estimate of drug-likeness (QED) is 0.854. The van der Waals surface area contributed by atoms with Crippen LogP contribution in [-0.4, -0.2) is 42.9 Å². The Hall–Kier alpha value is -2.04. The molecule has 1 saturated heterocycles. The van der Waals surface area contributed by atoms with Gasteiger partial charge in [-0.15, -0.1) is 0 Å². The monoisotopic (exact) mass is 341 g/mol. The first-order chi connectivity index (χ1) is 11.9. The summed E-state index contributed by atoms with van der Waals surface area (Å²) in [7, 11) is 1.98. The Morgan fingerprint density at radius 3 is 2.88 bits per heavy atom. The molecule has 2 aliphatic heterocycles. The Labute approximate surface area is 149 Å². The Morgan fingerprint density at radius 2 is 2.08 bits per heavy atom. The summed E-state index contributed by atoms with van der Waals surface area (Å²) in [5.41, 5.74) is 2.59. The van der Waals surface area contributed by atoms with Crippen molar-refractivity contribution in [3.63, 3.8) is 0 Å². The highest BCUT2D eigenvalue weighted by atomic mass is 16.2. The molecule has 1 aromatic carbocycles. The lowest BCUT2D eigenvalue weighted by atomic mass is 9.80. The van der Waals surface area contributed by atoms with Crippen molar-refractivity contribution >= 4 is 23.2 Å². The summed E-state index contributed by atoms with van der Waals surface area (Å²) in [5, 5.41) is 2.95. The van der Waals surface area contributed by atoms with Crippen LogP contribution in [-0.2, 0) is 4.79 Å². The summed E-state index contributed by atoms with van der Waals surface area (Å²) in [5.74, 6) is 0.725. The molecule has 1 aromatic rings. The maximum absolute atomic E-state index is 13.2. The lowest BCUT2D eigenvalue weighted by molar-refractivity contribution is -0.115. The first kappa shape index (κ1) is 16.4. The van der Waals surface area contributed by atoms with Gasteiger partial charge in [-0.1, -0.05) is 20.3 Å². The zero-order chi connectivity index (χ0) is 17.8. The molecule has 2 amide bonds. The minimum absolute atomic E-state index is 0.00774. The molecular formula is C20H27N3O2. The second-order valence-electron chi connectivity index (χ2n) is 8.48. The van der Waals surface area contributed by atoms with Crippen LogP contribution in [0, 0.1) is 11.3 Å². The predicted molar refractivity (Wildman–Crippen MR) is 98.9 cm³/mol. The van der Waals surface area contributed by atoms with Crippen LogP contribution in [0.4, 0.5) is 11.4 Å². The van der Waals surface area contributed by atoms with Gasteiger partial charge in [0, 0.05) is 38.2 Å². The molecule has 3 aliphatic rings. The molecule has 2 atom stereocenters. The van der Waals surface area contributed by atoms with Crippen molar-refractivity contribution in [1.82, 2.24) is 4.90 Å². The van der Waals surface area contributed by atoms with Gasteiger partial charge in [0.25, 0.3) is 5.91 Å². The summed E-state index contributed by atoms with van der Waals surface area (Å²) in [6, 6.07) is 6.09. The second kappa shape index (κ2) is 5.75. The third kappa shape index (κ3) is 2.70. The highest BCUT2D eigenvalue weighted by molar-refractivity contribution is 6.01. The average molecular weight is 341 g/mol. The van der Waals surface area contributed by atoms with E-state index in [-0.39, 0.29) is 17.2 Å². The number of amides is 2. The van der Waals surface area contributed by atoms with Crippen LogP contribution in [0.5, 0.6) is 0 Å². The number of benzene rings is 1. The number of hydrogen-bond acceptors (Lipinski definition) is 3. The van der Waals surface area contributed by atoms with Crippen molar-refractivity contribution < 1.29 is 9.59 Å². The molecule has 0 spiro atoms. The van der Waals surface area contributed by atoms with Gasteiger partial charge in [0.15, 0.2) is 0 Å². The maximum atomic E-state index is 13.2. The van der Waals surface area contributed by atoms with Gasteiger partial charge in [-0.2, -0.15) is 0 Å². The number of fused-ring (bicyclic) bond motifs is 2. The minimum atomic E-state index is 0.00774. The van der Waals surface area contributed by atoms with Crippen LogP contribution in [0.1, 0.15) is 49.9 Å². The molecule has 0 radical (unpaired) electrons. The zero-order valence-electron chi connectivity index (χ0n) is 15.3. The van der Waals surface area contributed by atoms with Crippen molar-refractivity contribution in [3.05, 3.63) is 23.8 Å². The van der Waals surface area contributed by atoms with E-state index in [9.17, 15) is 9.59 Å². The van der Waals surface area contributed by atoms with Crippen molar-refractivity contribution in [2.24, 2.45) is 11.3 Å². The number of rotatable bonds is 1. The van der Waals surface area contributed by atoms with Gasteiger partial charge in [0.05, 0.1) is 11.4 Å². The number of nitrogens with one attached hydrogen (secondary N) is 1. The molecule has 4 rings (SSSR count). The number of likely N-dealkylation sites (tertiary alicyclic amines) is 1. The molecule has 0 bridgehead atoms. The highest BCUT2D eigenvalue weighted by Gasteiger charge is 2.50. The molecule has 2 fully saturated rings. The van der Waals surface area contributed by atoms with Crippen molar-refractivity contribution in [2.75, 3.05) is 30.4 Å². The molecule has 0 unspecified atom stereocenters. The minimum Gasteiger partial charge on any atom is -0.372 e. The zero-order valence-corrected chi connectivity index (χ0v) is 15.3. The summed E-state index contributed by atoms with van der Waals surface area (Å²) < 4.78 is 0. The molecule has 0 aromatic heterocycles. The molecule has 25 heavy (non-hydrogen) atoms. The fraction of sp³-hybridized carbons (Fsp3) is 0.600. The Morgan fingerprint density at radius 1 is 1.28 bits per heavy atom. The Bertz CT molecular complexity index is 728. The Balaban J connectivity index is 1.64. The molecule has 1 aliphatic carbocycles. The summed E-state index contributed by atoms with van der Waals surface area (Å²) in [6.45, 7) is 6.09. The fourth-order valence-corrected chi connectivity index (χ4v) is 4.99. The third-order valence-corrected chi connectivity index (χ3v) is 6.33. The van der Waals surface area contributed by atoms with Crippen LogP contribution in [0.25, 0.3) is 0 Å². The van der Waals surface area contributed by atoms with Gasteiger partial charge in [0.1, 0.15) is 0 Å². The van der Waals surface area contributed by atoms with Gasteiger partial charge >= 0.3 is 0 Å². The van der Waals surface area contributed by atoms with Crippen molar-refractivity contribution in [3.8, 4) is 0 Å². The van der Waals surface area contributed by atoms with E-state index < -0.39 is 0 Å². The van der Waals surface area contributed by atoms with E-state index in [1.54, 1.807) is 0 Å². The van der Waals surface area contributed by atoms with Gasteiger partial charge in [-0.3, -0.25) is 9.59 Å². The predicted octanol–water partition coefficient (Wildman–Crippen LogP) is 3.12. The standard InChI is InChI=1S/C20H27N3O2/c1-20(2)12-23(16-6-4-5-14(16)20)19(25)13-7-8-17-15(11-13)21-18(24)9-10-22(17)3/h7-8,11,14,16H,4-6,9-10,12H2,1-3H3,(H,21,24)/t14-,16+/m1/s1. The normalized spacial score (nSPS) is 27.6. The summed E-state index contributed by atoms with van der Waals surface area (Å²) in [4.78, 5) is 29.3. The van der Waals surface area contributed by atoms with E-state index in [1.807, 2.05) is 25.2 Å². The average Bonchev–Trinajstić information content (AvgIpc) is 3.11.